The van der Waals surface area contributed by atoms with E-state index in [4.69, 9.17) is 9.15 Å². The van der Waals surface area contributed by atoms with Crippen molar-refractivity contribution in [3.63, 3.8) is 0 Å². The molecule has 1 aromatic carbocycles. The third kappa shape index (κ3) is 3.20. The molecule has 0 amide bonds. The highest BCUT2D eigenvalue weighted by Gasteiger charge is 2.14. The van der Waals surface area contributed by atoms with Crippen molar-refractivity contribution in [2.45, 2.75) is 26.4 Å². The number of ether oxygens (including phenoxy) is 1. The van der Waals surface area contributed by atoms with Crippen LogP contribution in [0.1, 0.15) is 26.7 Å². The summed E-state index contributed by atoms with van der Waals surface area (Å²) < 4.78 is 10.6. The Balaban J connectivity index is 2.11. The zero-order chi connectivity index (χ0) is 13.2. The standard InChI is InChI=1S/C14H15NO3/c1-14(2,3)18-13(16)9-8-12-15-10-6-4-5-7-11(10)17-12/h4-9H,1-3H3/b9-8+. The number of esters is 1. The van der Waals surface area contributed by atoms with Crippen LogP contribution in [0, 0.1) is 0 Å². The normalized spacial score (nSPS) is 12.2. The predicted octanol–water partition coefficient (Wildman–Crippen LogP) is 3.18. The molecular weight excluding hydrogens is 230 g/mol. The van der Waals surface area contributed by atoms with E-state index < -0.39 is 11.6 Å². The lowest BCUT2D eigenvalue weighted by molar-refractivity contribution is -0.148. The fourth-order valence-corrected chi connectivity index (χ4v) is 1.44. The van der Waals surface area contributed by atoms with Gasteiger partial charge < -0.3 is 9.15 Å². The number of carbonyl (C=O) groups excluding carboxylic acids is 1. The molecule has 0 atom stereocenters. The van der Waals surface area contributed by atoms with Crippen molar-refractivity contribution in [2.75, 3.05) is 0 Å². The molecule has 0 bridgehead atoms. The molecule has 0 saturated carbocycles. The number of carbonyl (C=O) groups is 1. The van der Waals surface area contributed by atoms with Crippen molar-refractivity contribution in [1.82, 2.24) is 4.98 Å². The number of oxazole rings is 1. The molecule has 0 aliphatic carbocycles. The molecule has 0 fully saturated rings. The maximum absolute atomic E-state index is 11.5. The van der Waals surface area contributed by atoms with Crippen molar-refractivity contribution < 1.29 is 13.9 Å². The van der Waals surface area contributed by atoms with Crippen LogP contribution in [-0.2, 0) is 9.53 Å². The SMILES string of the molecule is CC(C)(C)OC(=O)/C=C/c1nc2ccccc2o1. The van der Waals surface area contributed by atoms with Crippen LogP contribution in [0.4, 0.5) is 0 Å². The van der Waals surface area contributed by atoms with Gasteiger partial charge in [0.25, 0.3) is 0 Å². The molecule has 0 unspecified atom stereocenters. The highest BCUT2D eigenvalue weighted by Crippen LogP contribution is 2.15. The molecule has 94 valence electrons. The molecule has 0 radical (unpaired) electrons. The summed E-state index contributed by atoms with van der Waals surface area (Å²) in [6.07, 6.45) is 2.82. The number of hydrogen-bond acceptors (Lipinski definition) is 4. The van der Waals surface area contributed by atoms with Gasteiger partial charge in [-0.3, -0.25) is 0 Å². The second-order valence-corrected chi connectivity index (χ2v) is 4.89. The van der Waals surface area contributed by atoms with Crippen LogP contribution in [-0.4, -0.2) is 16.6 Å². The van der Waals surface area contributed by atoms with Gasteiger partial charge >= 0.3 is 5.97 Å². The zero-order valence-corrected chi connectivity index (χ0v) is 10.6. The van der Waals surface area contributed by atoms with E-state index in [9.17, 15) is 4.79 Å². The zero-order valence-electron chi connectivity index (χ0n) is 10.6. The molecule has 18 heavy (non-hydrogen) atoms. The Morgan fingerprint density at radius 3 is 2.72 bits per heavy atom. The van der Waals surface area contributed by atoms with Crippen LogP contribution in [0.5, 0.6) is 0 Å². The second kappa shape index (κ2) is 4.64. The van der Waals surface area contributed by atoms with Gasteiger partial charge in [0.2, 0.25) is 5.89 Å². The van der Waals surface area contributed by atoms with Gasteiger partial charge in [-0.05, 0) is 32.9 Å². The molecule has 0 spiro atoms. The summed E-state index contributed by atoms with van der Waals surface area (Å²) in [5.41, 5.74) is 0.964. The first-order valence-corrected chi connectivity index (χ1v) is 5.71. The predicted molar refractivity (Wildman–Crippen MR) is 68.9 cm³/mol. The molecule has 0 aliphatic rings. The molecule has 0 N–H and O–H groups in total. The Bertz CT molecular complexity index is 557. The first-order valence-electron chi connectivity index (χ1n) is 5.71. The summed E-state index contributed by atoms with van der Waals surface area (Å²) in [5, 5.41) is 0. The number of hydrogen-bond donors (Lipinski definition) is 0. The summed E-state index contributed by atoms with van der Waals surface area (Å²) in [6, 6.07) is 7.43. The van der Waals surface area contributed by atoms with Gasteiger partial charge in [0.1, 0.15) is 11.1 Å². The lowest BCUT2D eigenvalue weighted by Gasteiger charge is -2.17. The Hall–Kier alpha value is -2.10. The minimum atomic E-state index is -0.497. The van der Waals surface area contributed by atoms with Crippen LogP contribution in [0.25, 0.3) is 17.2 Å². The van der Waals surface area contributed by atoms with Gasteiger partial charge in [0.15, 0.2) is 5.58 Å². The number of fused-ring (bicyclic) bond motifs is 1. The van der Waals surface area contributed by atoms with Gasteiger partial charge in [0.05, 0.1) is 0 Å². The lowest BCUT2D eigenvalue weighted by atomic mass is 10.2. The van der Waals surface area contributed by atoms with Crippen molar-refractivity contribution in [3.05, 3.63) is 36.2 Å². The molecule has 4 heteroatoms. The maximum atomic E-state index is 11.5. The molecule has 0 saturated heterocycles. The van der Waals surface area contributed by atoms with E-state index in [2.05, 4.69) is 4.98 Å². The van der Waals surface area contributed by atoms with Crippen molar-refractivity contribution in [1.29, 1.82) is 0 Å². The molecule has 2 aromatic rings. The number of aromatic nitrogens is 1. The van der Waals surface area contributed by atoms with E-state index >= 15 is 0 Å². The summed E-state index contributed by atoms with van der Waals surface area (Å²) in [6.45, 7) is 5.45. The van der Waals surface area contributed by atoms with Crippen LogP contribution in [0.3, 0.4) is 0 Å². The Morgan fingerprint density at radius 1 is 1.33 bits per heavy atom. The largest absolute Gasteiger partial charge is 0.457 e. The topological polar surface area (TPSA) is 52.3 Å². The lowest BCUT2D eigenvalue weighted by Crippen LogP contribution is -2.22. The van der Waals surface area contributed by atoms with Crippen molar-refractivity contribution in [3.8, 4) is 0 Å². The Kier molecular flexibility index (Phi) is 3.19. The number of para-hydroxylation sites is 2. The summed E-state index contributed by atoms with van der Waals surface area (Å²) in [7, 11) is 0. The van der Waals surface area contributed by atoms with Crippen LogP contribution in [0.15, 0.2) is 34.8 Å². The fourth-order valence-electron chi connectivity index (χ4n) is 1.44. The van der Waals surface area contributed by atoms with Crippen molar-refractivity contribution >= 4 is 23.1 Å². The van der Waals surface area contributed by atoms with Gasteiger partial charge in [0, 0.05) is 12.2 Å². The van der Waals surface area contributed by atoms with Gasteiger partial charge in [-0.1, -0.05) is 12.1 Å². The highest BCUT2D eigenvalue weighted by molar-refractivity contribution is 5.87. The van der Waals surface area contributed by atoms with E-state index in [0.717, 1.165) is 5.52 Å². The van der Waals surface area contributed by atoms with E-state index in [1.807, 2.05) is 45.0 Å². The average Bonchev–Trinajstić information content (AvgIpc) is 2.66. The fraction of sp³-hybridized carbons (Fsp3) is 0.286. The number of benzene rings is 1. The molecule has 2 rings (SSSR count). The molecule has 1 heterocycles. The van der Waals surface area contributed by atoms with Crippen LogP contribution < -0.4 is 0 Å². The second-order valence-electron chi connectivity index (χ2n) is 4.89. The molecule has 4 nitrogen and oxygen atoms in total. The minimum Gasteiger partial charge on any atom is -0.457 e. The van der Waals surface area contributed by atoms with Gasteiger partial charge in [-0.25, -0.2) is 9.78 Å². The van der Waals surface area contributed by atoms with E-state index in [0.29, 0.717) is 11.5 Å². The van der Waals surface area contributed by atoms with E-state index in [1.54, 1.807) is 0 Å². The van der Waals surface area contributed by atoms with E-state index in [-0.39, 0.29) is 0 Å². The monoisotopic (exact) mass is 245 g/mol. The maximum Gasteiger partial charge on any atom is 0.331 e. The van der Waals surface area contributed by atoms with E-state index in [1.165, 1.54) is 12.2 Å². The molecular formula is C14H15NO3. The minimum absolute atomic E-state index is 0.391. The summed E-state index contributed by atoms with van der Waals surface area (Å²) in [4.78, 5) is 15.7. The third-order valence-corrected chi connectivity index (χ3v) is 2.08. The number of rotatable bonds is 2. The van der Waals surface area contributed by atoms with Crippen molar-refractivity contribution in [2.24, 2.45) is 0 Å². The first-order chi connectivity index (χ1) is 8.44. The molecule has 1 aromatic heterocycles. The third-order valence-electron chi connectivity index (χ3n) is 2.08. The number of nitrogens with zero attached hydrogens (tertiary/aromatic N) is 1. The van der Waals surface area contributed by atoms with Crippen LogP contribution >= 0.6 is 0 Å². The highest BCUT2D eigenvalue weighted by atomic mass is 16.6. The summed E-state index contributed by atoms with van der Waals surface area (Å²) in [5.74, 6) is -0.0215. The molecule has 0 aliphatic heterocycles. The summed E-state index contributed by atoms with van der Waals surface area (Å²) >= 11 is 0. The average molecular weight is 245 g/mol. The first kappa shape index (κ1) is 12.4. The Labute approximate surface area is 105 Å². The van der Waals surface area contributed by atoms with Gasteiger partial charge in [-0.2, -0.15) is 0 Å². The smallest absolute Gasteiger partial charge is 0.331 e. The Morgan fingerprint density at radius 2 is 2.06 bits per heavy atom. The quantitative estimate of drug-likeness (QED) is 0.602. The van der Waals surface area contributed by atoms with Gasteiger partial charge in [-0.15, -0.1) is 0 Å². The van der Waals surface area contributed by atoms with Crippen LogP contribution in [0.2, 0.25) is 0 Å².